The summed E-state index contributed by atoms with van der Waals surface area (Å²) in [4.78, 5) is 11.9. The molecule has 20 heavy (non-hydrogen) atoms. The number of carbonyl (C=O) groups excluding carboxylic acids is 1. The van der Waals surface area contributed by atoms with Crippen molar-refractivity contribution < 1.29 is 9.18 Å². The van der Waals surface area contributed by atoms with Gasteiger partial charge >= 0.3 is 0 Å². The lowest BCUT2D eigenvalue weighted by Gasteiger charge is -2.07. The zero-order valence-electron chi connectivity index (χ0n) is 11.1. The van der Waals surface area contributed by atoms with Crippen molar-refractivity contribution in [3.8, 4) is 0 Å². The van der Waals surface area contributed by atoms with Crippen LogP contribution in [0.1, 0.15) is 21.5 Å². The number of carbonyl (C=O) groups is 1. The molecule has 1 amide bonds. The highest BCUT2D eigenvalue weighted by Crippen LogP contribution is 2.15. The Morgan fingerprint density at radius 1 is 1.25 bits per heavy atom. The number of benzene rings is 2. The maximum atomic E-state index is 13.5. The largest absolute Gasteiger partial charge is 0.352 e. The van der Waals surface area contributed by atoms with Gasteiger partial charge in [-0.3, -0.25) is 4.79 Å². The third-order valence-corrected chi connectivity index (χ3v) is 3.45. The summed E-state index contributed by atoms with van der Waals surface area (Å²) < 4.78 is 14.2. The first-order chi connectivity index (χ1) is 9.56. The van der Waals surface area contributed by atoms with Crippen LogP contribution in [0.2, 0.25) is 0 Å². The van der Waals surface area contributed by atoms with E-state index in [-0.39, 0.29) is 5.56 Å². The average Bonchev–Trinajstić information content (AvgIpc) is 2.41. The van der Waals surface area contributed by atoms with Crippen molar-refractivity contribution in [2.75, 3.05) is 6.54 Å². The fourth-order valence-electron chi connectivity index (χ4n) is 1.95. The number of hydrogen-bond donors (Lipinski definition) is 1. The number of hydrogen-bond acceptors (Lipinski definition) is 1. The number of nitrogens with one attached hydrogen (secondary N) is 1. The molecule has 0 saturated carbocycles. The molecule has 0 aliphatic carbocycles. The second kappa shape index (κ2) is 6.66. The Morgan fingerprint density at radius 3 is 2.80 bits per heavy atom. The quantitative estimate of drug-likeness (QED) is 0.902. The van der Waals surface area contributed by atoms with Crippen molar-refractivity contribution in [3.05, 3.63) is 69.4 Å². The first-order valence-corrected chi connectivity index (χ1v) is 7.14. The molecule has 2 aromatic rings. The van der Waals surface area contributed by atoms with Crippen LogP contribution in [0.15, 0.2) is 46.9 Å². The summed E-state index contributed by atoms with van der Waals surface area (Å²) in [7, 11) is 0. The summed E-state index contributed by atoms with van der Waals surface area (Å²) in [5.41, 5.74) is 2.40. The minimum Gasteiger partial charge on any atom is -0.352 e. The van der Waals surface area contributed by atoms with Crippen LogP contribution in [0, 0.1) is 12.7 Å². The number of aryl methyl sites for hydroxylation is 1. The molecule has 0 radical (unpaired) electrons. The zero-order valence-corrected chi connectivity index (χ0v) is 12.7. The van der Waals surface area contributed by atoms with Crippen LogP contribution in [0.4, 0.5) is 4.39 Å². The van der Waals surface area contributed by atoms with Gasteiger partial charge in [-0.1, -0.05) is 45.8 Å². The van der Waals surface area contributed by atoms with Gasteiger partial charge in [0.1, 0.15) is 5.82 Å². The SMILES string of the molecule is Cc1cccc(CCNC(=O)c2cc(Br)ccc2F)c1. The standard InChI is InChI=1S/C16H15BrFNO/c1-11-3-2-4-12(9-11)7-8-19-16(20)14-10-13(17)5-6-15(14)18/h2-6,9-10H,7-8H2,1H3,(H,19,20). The number of halogens is 2. The molecule has 0 fully saturated rings. The van der Waals surface area contributed by atoms with Crippen molar-refractivity contribution in [2.45, 2.75) is 13.3 Å². The lowest BCUT2D eigenvalue weighted by atomic mass is 10.1. The molecular formula is C16H15BrFNO. The Bertz CT molecular complexity index is 628. The highest BCUT2D eigenvalue weighted by Gasteiger charge is 2.11. The minimum atomic E-state index is -0.513. The van der Waals surface area contributed by atoms with E-state index in [0.29, 0.717) is 11.0 Å². The van der Waals surface area contributed by atoms with Gasteiger partial charge < -0.3 is 5.32 Å². The van der Waals surface area contributed by atoms with E-state index in [4.69, 9.17) is 0 Å². The van der Waals surface area contributed by atoms with E-state index in [1.807, 2.05) is 25.1 Å². The van der Waals surface area contributed by atoms with E-state index in [0.717, 1.165) is 12.0 Å². The van der Waals surface area contributed by atoms with Gasteiger partial charge in [-0.2, -0.15) is 0 Å². The summed E-state index contributed by atoms with van der Waals surface area (Å²) in [5, 5.41) is 2.74. The van der Waals surface area contributed by atoms with Crippen molar-refractivity contribution in [1.82, 2.24) is 5.32 Å². The molecule has 0 heterocycles. The predicted molar refractivity (Wildman–Crippen MR) is 81.3 cm³/mol. The monoisotopic (exact) mass is 335 g/mol. The summed E-state index contributed by atoms with van der Waals surface area (Å²) >= 11 is 3.23. The Morgan fingerprint density at radius 2 is 2.05 bits per heavy atom. The van der Waals surface area contributed by atoms with Crippen molar-refractivity contribution in [3.63, 3.8) is 0 Å². The third kappa shape index (κ3) is 3.90. The lowest BCUT2D eigenvalue weighted by Crippen LogP contribution is -2.26. The molecular weight excluding hydrogens is 321 g/mol. The Labute approximate surface area is 126 Å². The normalized spacial score (nSPS) is 10.3. The van der Waals surface area contributed by atoms with Crippen LogP contribution >= 0.6 is 15.9 Å². The van der Waals surface area contributed by atoms with E-state index >= 15 is 0 Å². The molecule has 0 unspecified atom stereocenters. The molecule has 0 bridgehead atoms. The van der Waals surface area contributed by atoms with Gasteiger partial charge in [-0.15, -0.1) is 0 Å². The highest BCUT2D eigenvalue weighted by molar-refractivity contribution is 9.10. The van der Waals surface area contributed by atoms with Crippen LogP contribution in [-0.4, -0.2) is 12.5 Å². The fraction of sp³-hybridized carbons (Fsp3) is 0.188. The maximum absolute atomic E-state index is 13.5. The van der Waals surface area contributed by atoms with Crippen LogP contribution in [-0.2, 0) is 6.42 Å². The average molecular weight is 336 g/mol. The van der Waals surface area contributed by atoms with Crippen molar-refractivity contribution in [2.24, 2.45) is 0 Å². The molecule has 4 heteroatoms. The van der Waals surface area contributed by atoms with Gasteiger partial charge in [-0.25, -0.2) is 4.39 Å². The third-order valence-electron chi connectivity index (χ3n) is 2.95. The van der Waals surface area contributed by atoms with E-state index in [9.17, 15) is 9.18 Å². The van der Waals surface area contributed by atoms with Crippen molar-refractivity contribution >= 4 is 21.8 Å². The van der Waals surface area contributed by atoms with Crippen LogP contribution in [0.5, 0.6) is 0 Å². The Balaban J connectivity index is 1.94. The molecule has 0 spiro atoms. The molecule has 104 valence electrons. The van der Waals surface area contributed by atoms with Crippen LogP contribution in [0.25, 0.3) is 0 Å². The van der Waals surface area contributed by atoms with Gasteiger partial charge in [-0.05, 0) is 37.1 Å². The first kappa shape index (κ1) is 14.7. The van der Waals surface area contributed by atoms with Gasteiger partial charge in [0, 0.05) is 11.0 Å². The molecule has 0 aliphatic heterocycles. The molecule has 0 aromatic heterocycles. The zero-order chi connectivity index (χ0) is 14.5. The molecule has 2 nitrogen and oxygen atoms in total. The molecule has 0 saturated heterocycles. The molecule has 2 aromatic carbocycles. The molecule has 1 N–H and O–H groups in total. The predicted octanol–water partition coefficient (Wildman–Crippen LogP) is 3.87. The smallest absolute Gasteiger partial charge is 0.254 e. The van der Waals surface area contributed by atoms with Gasteiger partial charge in [0.25, 0.3) is 5.91 Å². The molecule has 0 atom stereocenters. The summed E-state index contributed by atoms with van der Waals surface area (Å²) in [6, 6.07) is 12.4. The lowest BCUT2D eigenvalue weighted by molar-refractivity contribution is 0.0950. The summed E-state index contributed by atoms with van der Waals surface area (Å²) in [6.07, 6.45) is 0.725. The van der Waals surface area contributed by atoms with Gasteiger partial charge in [0.2, 0.25) is 0 Å². The van der Waals surface area contributed by atoms with E-state index in [1.165, 1.54) is 17.7 Å². The van der Waals surface area contributed by atoms with E-state index in [1.54, 1.807) is 6.07 Å². The second-order valence-electron chi connectivity index (χ2n) is 4.62. The van der Waals surface area contributed by atoms with Gasteiger partial charge in [0.05, 0.1) is 5.56 Å². The maximum Gasteiger partial charge on any atom is 0.254 e. The van der Waals surface area contributed by atoms with Crippen LogP contribution < -0.4 is 5.32 Å². The topological polar surface area (TPSA) is 29.1 Å². The molecule has 0 aliphatic rings. The Kier molecular flexibility index (Phi) is 4.90. The number of rotatable bonds is 4. The van der Waals surface area contributed by atoms with E-state index in [2.05, 4.69) is 27.3 Å². The highest BCUT2D eigenvalue weighted by atomic mass is 79.9. The van der Waals surface area contributed by atoms with E-state index < -0.39 is 11.7 Å². The fourth-order valence-corrected chi connectivity index (χ4v) is 2.32. The second-order valence-corrected chi connectivity index (χ2v) is 5.53. The molecule has 2 rings (SSSR count). The minimum absolute atomic E-state index is 0.0589. The van der Waals surface area contributed by atoms with Gasteiger partial charge in [0.15, 0.2) is 0 Å². The summed E-state index contributed by atoms with van der Waals surface area (Å²) in [6.45, 7) is 2.51. The van der Waals surface area contributed by atoms with Crippen LogP contribution in [0.3, 0.4) is 0 Å². The van der Waals surface area contributed by atoms with Crippen molar-refractivity contribution in [1.29, 1.82) is 0 Å². The first-order valence-electron chi connectivity index (χ1n) is 6.35. The summed E-state index contributed by atoms with van der Waals surface area (Å²) in [5.74, 6) is -0.905. The number of amides is 1. The Hall–Kier alpha value is -1.68.